The maximum atomic E-state index is 5.28. The lowest BCUT2D eigenvalue weighted by Gasteiger charge is -2.17. The molecule has 1 fully saturated rings. The van der Waals surface area contributed by atoms with E-state index in [1.165, 1.54) is 19.3 Å². The van der Waals surface area contributed by atoms with E-state index in [-0.39, 0.29) is 0 Å². The summed E-state index contributed by atoms with van der Waals surface area (Å²) in [5.41, 5.74) is 0. The Labute approximate surface area is 57.7 Å². The third-order valence-electron chi connectivity index (χ3n) is 1.41. The summed E-state index contributed by atoms with van der Waals surface area (Å²) in [6.45, 7) is 9.13. The van der Waals surface area contributed by atoms with Crippen molar-refractivity contribution in [2.24, 2.45) is 0 Å². The molecule has 1 heterocycles. The smallest absolute Gasteiger partial charge is 0.0547 e. The van der Waals surface area contributed by atoms with Gasteiger partial charge in [0.05, 0.1) is 6.10 Å². The highest BCUT2D eigenvalue weighted by atomic mass is 16.5. The van der Waals surface area contributed by atoms with Gasteiger partial charge in [-0.3, -0.25) is 0 Å². The van der Waals surface area contributed by atoms with E-state index in [1.807, 2.05) is 0 Å². The average Bonchev–Trinajstić information content (AvgIpc) is 1.94. The predicted molar refractivity (Wildman–Crippen MR) is 40.5 cm³/mol. The molecular formula is C8H16O. The molecule has 1 unspecified atom stereocenters. The molecule has 1 heteroatoms. The standard InChI is InChI=1S/C6H12O.C2H4/c1-6-4-2-3-5-7-6;1-2/h6H,2-5H2,1H3;1-2H2. The normalized spacial score (nSPS) is 26.1. The first-order chi connectivity index (χ1) is 4.39. The molecule has 1 rings (SSSR count). The van der Waals surface area contributed by atoms with Crippen LogP contribution >= 0.6 is 0 Å². The minimum absolute atomic E-state index is 0.536. The van der Waals surface area contributed by atoms with E-state index in [9.17, 15) is 0 Å². The molecular weight excluding hydrogens is 112 g/mol. The molecule has 0 bridgehead atoms. The van der Waals surface area contributed by atoms with Crippen molar-refractivity contribution in [1.29, 1.82) is 0 Å². The molecule has 0 spiro atoms. The van der Waals surface area contributed by atoms with E-state index in [0.29, 0.717) is 6.10 Å². The van der Waals surface area contributed by atoms with E-state index < -0.39 is 0 Å². The van der Waals surface area contributed by atoms with Crippen LogP contribution in [0.2, 0.25) is 0 Å². The number of rotatable bonds is 0. The minimum atomic E-state index is 0.536. The first kappa shape index (κ1) is 8.70. The molecule has 9 heavy (non-hydrogen) atoms. The largest absolute Gasteiger partial charge is 0.379 e. The summed E-state index contributed by atoms with van der Waals surface area (Å²) in [5, 5.41) is 0. The Morgan fingerprint density at radius 3 is 2.22 bits per heavy atom. The predicted octanol–water partition coefficient (Wildman–Crippen LogP) is 2.38. The van der Waals surface area contributed by atoms with E-state index in [1.54, 1.807) is 0 Å². The zero-order valence-corrected chi connectivity index (χ0v) is 6.23. The fraction of sp³-hybridized carbons (Fsp3) is 0.750. The second-order valence-electron chi connectivity index (χ2n) is 2.18. The summed E-state index contributed by atoms with van der Waals surface area (Å²) in [6, 6.07) is 0. The average molecular weight is 128 g/mol. The molecule has 0 aromatic carbocycles. The highest BCUT2D eigenvalue weighted by Crippen LogP contribution is 2.10. The maximum absolute atomic E-state index is 5.28. The van der Waals surface area contributed by atoms with Gasteiger partial charge in [-0.2, -0.15) is 0 Å². The fourth-order valence-corrected chi connectivity index (χ4v) is 0.902. The van der Waals surface area contributed by atoms with E-state index >= 15 is 0 Å². The van der Waals surface area contributed by atoms with Gasteiger partial charge in [0.15, 0.2) is 0 Å². The van der Waals surface area contributed by atoms with Crippen molar-refractivity contribution in [3.63, 3.8) is 0 Å². The first-order valence-electron chi connectivity index (χ1n) is 3.51. The van der Waals surface area contributed by atoms with Crippen molar-refractivity contribution in [3.8, 4) is 0 Å². The molecule has 54 valence electrons. The molecule has 0 aromatic rings. The van der Waals surface area contributed by atoms with Gasteiger partial charge in [-0.05, 0) is 26.2 Å². The van der Waals surface area contributed by atoms with Crippen LogP contribution in [0.3, 0.4) is 0 Å². The zero-order chi connectivity index (χ0) is 7.11. The highest BCUT2D eigenvalue weighted by molar-refractivity contribution is 4.55. The van der Waals surface area contributed by atoms with Crippen molar-refractivity contribution in [2.45, 2.75) is 32.3 Å². The third kappa shape index (κ3) is 4.22. The van der Waals surface area contributed by atoms with Crippen molar-refractivity contribution < 1.29 is 4.74 Å². The van der Waals surface area contributed by atoms with Crippen LogP contribution < -0.4 is 0 Å². The molecule has 0 saturated carbocycles. The monoisotopic (exact) mass is 128 g/mol. The highest BCUT2D eigenvalue weighted by Gasteiger charge is 2.05. The van der Waals surface area contributed by atoms with Crippen molar-refractivity contribution in [3.05, 3.63) is 13.2 Å². The van der Waals surface area contributed by atoms with Crippen LogP contribution in [0.4, 0.5) is 0 Å². The quantitative estimate of drug-likeness (QED) is 0.455. The lowest BCUT2D eigenvalue weighted by atomic mass is 10.1. The van der Waals surface area contributed by atoms with Crippen LogP contribution in [-0.4, -0.2) is 12.7 Å². The van der Waals surface area contributed by atoms with Crippen molar-refractivity contribution >= 4 is 0 Å². The van der Waals surface area contributed by atoms with Gasteiger partial charge in [0.1, 0.15) is 0 Å². The molecule has 1 saturated heterocycles. The summed E-state index contributed by atoms with van der Waals surface area (Å²) in [6.07, 6.45) is 4.43. The summed E-state index contributed by atoms with van der Waals surface area (Å²) >= 11 is 0. The maximum Gasteiger partial charge on any atom is 0.0547 e. The van der Waals surface area contributed by atoms with Gasteiger partial charge in [0.2, 0.25) is 0 Å². The van der Waals surface area contributed by atoms with Crippen LogP contribution in [0.15, 0.2) is 13.2 Å². The van der Waals surface area contributed by atoms with Crippen LogP contribution in [-0.2, 0) is 4.74 Å². The molecule has 0 aliphatic carbocycles. The van der Waals surface area contributed by atoms with E-state index in [2.05, 4.69) is 20.1 Å². The van der Waals surface area contributed by atoms with E-state index in [4.69, 9.17) is 4.74 Å². The summed E-state index contributed by atoms with van der Waals surface area (Å²) < 4.78 is 5.28. The van der Waals surface area contributed by atoms with Crippen LogP contribution in [0.1, 0.15) is 26.2 Å². The lowest BCUT2D eigenvalue weighted by Crippen LogP contribution is -2.14. The van der Waals surface area contributed by atoms with Gasteiger partial charge < -0.3 is 4.74 Å². The fourth-order valence-electron chi connectivity index (χ4n) is 0.902. The van der Waals surface area contributed by atoms with Gasteiger partial charge >= 0.3 is 0 Å². The Bertz CT molecular complexity index is 55.6. The second kappa shape index (κ2) is 5.83. The van der Waals surface area contributed by atoms with Gasteiger partial charge in [-0.1, -0.05) is 0 Å². The topological polar surface area (TPSA) is 9.23 Å². The Morgan fingerprint density at radius 1 is 1.33 bits per heavy atom. The van der Waals surface area contributed by atoms with Gasteiger partial charge in [-0.25, -0.2) is 0 Å². The van der Waals surface area contributed by atoms with Crippen LogP contribution in [0.5, 0.6) is 0 Å². The molecule has 0 aromatic heterocycles. The number of hydrogen-bond donors (Lipinski definition) is 0. The van der Waals surface area contributed by atoms with Gasteiger partial charge in [0.25, 0.3) is 0 Å². The minimum Gasteiger partial charge on any atom is -0.379 e. The Balaban J connectivity index is 0.000000291. The summed E-state index contributed by atoms with van der Waals surface area (Å²) in [5.74, 6) is 0. The molecule has 0 radical (unpaired) electrons. The first-order valence-corrected chi connectivity index (χ1v) is 3.51. The molecule has 1 aliphatic heterocycles. The van der Waals surface area contributed by atoms with Crippen LogP contribution in [0, 0.1) is 0 Å². The lowest BCUT2D eigenvalue weighted by molar-refractivity contribution is 0.0285. The molecule has 1 atom stereocenters. The second-order valence-corrected chi connectivity index (χ2v) is 2.18. The SMILES string of the molecule is C=C.CC1CCCCO1. The molecule has 1 nitrogen and oxygen atoms in total. The van der Waals surface area contributed by atoms with Crippen LogP contribution in [0.25, 0.3) is 0 Å². The van der Waals surface area contributed by atoms with Gasteiger partial charge in [-0.15, -0.1) is 13.2 Å². The van der Waals surface area contributed by atoms with E-state index in [0.717, 1.165) is 6.61 Å². The third-order valence-corrected chi connectivity index (χ3v) is 1.41. The van der Waals surface area contributed by atoms with Crippen molar-refractivity contribution in [1.82, 2.24) is 0 Å². The summed E-state index contributed by atoms with van der Waals surface area (Å²) in [7, 11) is 0. The molecule has 0 amide bonds. The van der Waals surface area contributed by atoms with Gasteiger partial charge in [0, 0.05) is 6.61 Å². The molecule has 1 aliphatic rings. The zero-order valence-electron chi connectivity index (χ0n) is 6.23. The number of ether oxygens (including phenoxy) is 1. The Kier molecular flexibility index (Phi) is 5.64. The molecule has 0 N–H and O–H groups in total. The summed E-state index contributed by atoms with van der Waals surface area (Å²) in [4.78, 5) is 0. The Hall–Kier alpha value is -0.300. The Morgan fingerprint density at radius 2 is 2.00 bits per heavy atom. The number of hydrogen-bond acceptors (Lipinski definition) is 1. The van der Waals surface area contributed by atoms with Crippen molar-refractivity contribution in [2.75, 3.05) is 6.61 Å².